The first-order valence-corrected chi connectivity index (χ1v) is 9.09. The fourth-order valence-corrected chi connectivity index (χ4v) is 2.57. The van der Waals surface area contributed by atoms with Crippen molar-refractivity contribution in [3.05, 3.63) is 70.5 Å². The van der Waals surface area contributed by atoms with Gasteiger partial charge in [0.2, 0.25) is 5.90 Å². The van der Waals surface area contributed by atoms with E-state index in [1.165, 1.54) is 17.7 Å². The largest absolute Gasteiger partial charge is 0.478 e. The maximum absolute atomic E-state index is 12.9. The van der Waals surface area contributed by atoms with Crippen LogP contribution >= 0.6 is 0 Å². The lowest BCUT2D eigenvalue weighted by Gasteiger charge is -2.07. The smallest absolute Gasteiger partial charge is 0.338 e. The van der Waals surface area contributed by atoms with Crippen LogP contribution in [-0.2, 0) is 17.6 Å². The van der Waals surface area contributed by atoms with Gasteiger partial charge in [-0.3, -0.25) is 0 Å². The van der Waals surface area contributed by atoms with Gasteiger partial charge in [-0.15, -0.1) is 0 Å². The lowest BCUT2D eigenvalue weighted by Crippen LogP contribution is -2.17. The average molecular weight is 371 g/mol. The van der Waals surface area contributed by atoms with Crippen LogP contribution in [0.5, 0.6) is 0 Å². The molecule has 144 valence electrons. The summed E-state index contributed by atoms with van der Waals surface area (Å²) in [4.78, 5) is 14.9. The molecule has 0 spiro atoms. The van der Waals surface area contributed by atoms with Crippen molar-refractivity contribution in [3.63, 3.8) is 0 Å². The highest BCUT2D eigenvalue weighted by Gasteiger charge is 2.26. The quantitative estimate of drug-likeness (QED) is 0.832. The van der Waals surface area contributed by atoms with E-state index in [1.807, 2.05) is 6.92 Å². The molecule has 0 bridgehead atoms. The van der Waals surface area contributed by atoms with E-state index < -0.39 is 11.8 Å². The Hall–Kier alpha value is -2.69. The molecular weight excluding hydrogens is 345 g/mol. The number of hydrogen-bond acceptors (Lipinski definition) is 3. The Morgan fingerprint density at radius 2 is 1.70 bits per heavy atom. The van der Waals surface area contributed by atoms with Gasteiger partial charge in [-0.2, -0.15) is 0 Å². The fourth-order valence-electron chi connectivity index (χ4n) is 2.57. The highest BCUT2D eigenvalue weighted by molar-refractivity contribution is 5.95. The van der Waals surface area contributed by atoms with Crippen LogP contribution < -0.4 is 0 Å². The van der Waals surface area contributed by atoms with Gasteiger partial charge in [0.15, 0.2) is 0 Å². The molecule has 0 atom stereocenters. The molecule has 0 radical (unpaired) electrons. The van der Waals surface area contributed by atoms with E-state index in [4.69, 9.17) is 9.84 Å². The third-order valence-electron chi connectivity index (χ3n) is 4.25. The molecule has 1 N–H and O–H groups in total. The van der Waals surface area contributed by atoms with Gasteiger partial charge in [-0.05, 0) is 62.1 Å². The predicted molar refractivity (Wildman–Crippen MR) is 105 cm³/mol. The third-order valence-corrected chi connectivity index (χ3v) is 4.25. The van der Waals surface area contributed by atoms with Crippen LogP contribution in [0.3, 0.4) is 0 Å². The summed E-state index contributed by atoms with van der Waals surface area (Å²) in [6.45, 7) is 8.88. The monoisotopic (exact) mass is 371 g/mol. The second kappa shape index (κ2) is 8.80. The van der Waals surface area contributed by atoms with Crippen LogP contribution in [0.2, 0.25) is 0 Å². The van der Waals surface area contributed by atoms with Gasteiger partial charge in [0.05, 0.1) is 11.1 Å². The number of halogens is 1. The Bertz CT molecular complexity index is 826. The Labute approximate surface area is 159 Å². The van der Waals surface area contributed by atoms with Crippen molar-refractivity contribution >= 4 is 11.9 Å². The first-order valence-electron chi connectivity index (χ1n) is 9.09. The summed E-state index contributed by atoms with van der Waals surface area (Å²) < 4.78 is 18.5. The Kier molecular flexibility index (Phi) is 6.72. The van der Waals surface area contributed by atoms with Gasteiger partial charge in [-0.25, -0.2) is 14.2 Å². The lowest BCUT2D eigenvalue weighted by molar-refractivity contribution is 0.0692. The summed E-state index contributed by atoms with van der Waals surface area (Å²) in [5.74, 6) is -1.11. The molecule has 5 heteroatoms. The number of aliphatic imine (C=N–C) groups is 1. The van der Waals surface area contributed by atoms with Crippen molar-refractivity contribution in [1.29, 1.82) is 0 Å². The number of aromatic carboxylic acids is 1. The van der Waals surface area contributed by atoms with Crippen LogP contribution in [-0.4, -0.2) is 29.1 Å². The molecule has 3 rings (SSSR count). The fraction of sp³-hybridized carbons (Fsp3) is 0.364. The van der Waals surface area contributed by atoms with Gasteiger partial charge in [-0.1, -0.05) is 32.0 Å². The molecule has 0 aliphatic carbocycles. The summed E-state index contributed by atoms with van der Waals surface area (Å²) >= 11 is 0. The number of aryl methyl sites for hydroxylation is 2. The lowest BCUT2D eigenvalue weighted by atomic mass is 10.1. The standard InChI is InChI=1S/C13H17NO.C9H9FO2/c1-4-10-5-7-11(8-6-10)12-14-13(2,3)9-15-12;1-2-6-3-4-7(9(11)12)8(10)5-6/h5-8H,4,9H2,1-3H3;3-5H,2H2,1H3,(H,11,12). The normalized spacial score (nSPS) is 14.6. The van der Waals surface area contributed by atoms with E-state index >= 15 is 0 Å². The molecule has 1 heterocycles. The molecule has 0 fully saturated rings. The second-order valence-corrected chi connectivity index (χ2v) is 7.04. The minimum Gasteiger partial charge on any atom is -0.478 e. The first kappa shape index (κ1) is 20.6. The van der Waals surface area contributed by atoms with Crippen LogP contribution in [0.1, 0.15) is 54.7 Å². The maximum Gasteiger partial charge on any atom is 0.338 e. The summed E-state index contributed by atoms with van der Waals surface area (Å²) in [6, 6.07) is 12.6. The summed E-state index contributed by atoms with van der Waals surface area (Å²) in [5.41, 5.74) is 2.89. The van der Waals surface area contributed by atoms with E-state index in [0.29, 0.717) is 13.0 Å². The number of carboxylic acid groups (broad SMARTS) is 1. The van der Waals surface area contributed by atoms with Gasteiger partial charge < -0.3 is 9.84 Å². The molecule has 27 heavy (non-hydrogen) atoms. The van der Waals surface area contributed by atoms with Crippen LogP contribution in [0.25, 0.3) is 0 Å². The molecule has 0 saturated carbocycles. The SMILES string of the molecule is CCc1ccc(C(=O)O)c(F)c1.CCc1ccc(C2=NC(C)(C)CO2)cc1. The zero-order valence-electron chi connectivity index (χ0n) is 16.3. The highest BCUT2D eigenvalue weighted by atomic mass is 19.1. The predicted octanol–water partition coefficient (Wildman–Crippen LogP) is 4.89. The average Bonchev–Trinajstić information content (AvgIpc) is 3.01. The minimum atomic E-state index is -1.23. The second-order valence-electron chi connectivity index (χ2n) is 7.04. The minimum absolute atomic E-state index is 0.0707. The van der Waals surface area contributed by atoms with Gasteiger partial charge in [0.25, 0.3) is 0 Å². The van der Waals surface area contributed by atoms with E-state index in [2.05, 4.69) is 50.0 Å². The zero-order valence-corrected chi connectivity index (χ0v) is 16.3. The molecule has 0 amide bonds. The first-order chi connectivity index (χ1) is 12.8. The number of nitrogens with zero attached hydrogens (tertiary/aromatic N) is 1. The van der Waals surface area contributed by atoms with Crippen molar-refractivity contribution in [2.75, 3.05) is 6.61 Å². The van der Waals surface area contributed by atoms with Crippen molar-refractivity contribution in [2.45, 2.75) is 46.1 Å². The van der Waals surface area contributed by atoms with Gasteiger partial charge >= 0.3 is 5.97 Å². The molecule has 1 aliphatic heterocycles. The van der Waals surface area contributed by atoms with Gasteiger partial charge in [0, 0.05) is 5.56 Å². The van der Waals surface area contributed by atoms with Gasteiger partial charge in [0.1, 0.15) is 12.4 Å². The topological polar surface area (TPSA) is 58.9 Å². The molecule has 1 aliphatic rings. The number of hydrogen-bond donors (Lipinski definition) is 1. The number of ether oxygens (including phenoxy) is 1. The maximum atomic E-state index is 12.9. The van der Waals surface area contributed by atoms with Crippen molar-refractivity contribution < 1.29 is 19.0 Å². The molecule has 0 saturated heterocycles. The molecule has 2 aromatic rings. The Morgan fingerprint density at radius 3 is 2.15 bits per heavy atom. The summed E-state index contributed by atoms with van der Waals surface area (Å²) in [7, 11) is 0. The van der Waals surface area contributed by atoms with E-state index in [9.17, 15) is 9.18 Å². The van der Waals surface area contributed by atoms with E-state index in [-0.39, 0.29) is 11.1 Å². The third kappa shape index (κ3) is 5.64. The zero-order chi connectivity index (χ0) is 20.0. The number of benzene rings is 2. The van der Waals surface area contributed by atoms with Crippen molar-refractivity contribution in [3.8, 4) is 0 Å². The van der Waals surface area contributed by atoms with Crippen LogP contribution in [0, 0.1) is 5.82 Å². The molecule has 0 aromatic heterocycles. The highest BCUT2D eigenvalue weighted by Crippen LogP contribution is 2.20. The molecule has 2 aromatic carbocycles. The van der Waals surface area contributed by atoms with E-state index in [0.717, 1.165) is 23.4 Å². The van der Waals surface area contributed by atoms with Crippen LogP contribution in [0.4, 0.5) is 4.39 Å². The molecule has 4 nitrogen and oxygen atoms in total. The Morgan fingerprint density at radius 1 is 1.11 bits per heavy atom. The summed E-state index contributed by atoms with van der Waals surface area (Å²) in [5, 5.41) is 8.49. The molecule has 0 unspecified atom stereocenters. The van der Waals surface area contributed by atoms with Crippen molar-refractivity contribution in [2.24, 2.45) is 4.99 Å². The Balaban J connectivity index is 0.000000199. The number of carbonyl (C=O) groups is 1. The number of carboxylic acids is 1. The van der Waals surface area contributed by atoms with E-state index in [1.54, 1.807) is 6.07 Å². The molecular formula is C22H26FNO3. The van der Waals surface area contributed by atoms with Crippen molar-refractivity contribution in [1.82, 2.24) is 0 Å². The summed E-state index contributed by atoms with van der Waals surface area (Å²) in [6.07, 6.45) is 1.77. The number of rotatable bonds is 4. The van der Waals surface area contributed by atoms with Crippen LogP contribution in [0.15, 0.2) is 47.5 Å².